The van der Waals surface area contributed by atoms with Gasteiger partial charge in [0, 0.05) is 13.7 Å². The summed E-state index contributed by atoms with van der Waals surface area (Å²) in [6.45, 7) is 6.17. The van der Waals surface area contributed by atoms with Crippen LogP contribution in [0.4, 0.5) is 0 Å². The van der Waals surface area contributed by atoms with Gasteiger partial charge in [0.05, 0.1) is 19.8 Å². The maximum atomic E-state index is 11.2. The van der Waals surface area contributed by atoms with Crippen molar-refractivity contribution in [3.8, 4) is 0 Å². The third-order valence-electron chi connectivity index (χ3n) is 2.86. The first kappa shape index (κ1) is 16.6. The number of carbonyl (C=O) groups is 1. The predicted molar refractivity (Wildman–Crippen MR) is 71.2 cm³/mol. The summed E-state index contributed by atoms with van der Waals surface area (Å²) in [4.78, 5) is 11.2. The van der Waals surface area contributed by atoms with Gasteiger partial charge in [0.25, 0.3) is 0 Å². The van der Waals surface area contributed by atoms with Gasteiger partial charge in [0.1, 0.15) is 12.7 Å². The molecule has 0 aromatic rings. The summed E-state index contributed by atoms with van der Waals surface area (Å²) >= 11 is 0. The molecule has 1 saturated heterocycles. The molecule has 0 N–H and O–H groups in total. The van der Waals surface area contributed by atoms with E-state index in [0.717, 1.165) is 19.1 Å². The van der Waals surface area contributed by atoms with Gasteiger partial charge in [-0.05, 0) is 25.9 Å². The molecule has 1 fully saturated rings. The van der Waals surface area contributed by atoms with Crippen molar-refractivity contribution in [2.75, 3.05) is 40.1 Å². The number of esters is 1. The van der Waals surface area contributed by atoms with Gasteiger partial charge >= 0.3 is 14.5 Å². The lowest BCUT2D eigenvalue weighted by atomic mass is 10.5. The zero-order valence-corrected chi connectivity index (χ0v) is 13.0. The van der Waals surface area contributed by atoms with Crippen LogP contribution in [0.2, 0.25) is 12.6 Å². The molecule has 1 heterocycles. The molecular formula is C12H24O6Si. The molecule has 7 heteroatoms. The molecule has 0 radical (unpaired) electrons. The third-order valence-corrected chi connectivity index (χ3v) is 5.74. The van der Waals surface area contributed by atoms with Gasteiger partial charge in [-0.2, -0.15) is 0 Å². The molecule has 0 amide bonds. The Morgan fingerprint density at radius 2 is 2.21 bits per heavy atom. The quantitative estimate of drug-likeness (QED) is 0.246. The fourth-order valence-corrected chi connectivity index (χ4v) is 3.20. The fraction of sp³-hybridized carbons (Fsp3) is 0.917. The van der Waals surface area contributed by atoms with Crippen LogP contribution in [-0.4, -0.2) is 60.8 Å². The Morgan fingerprint density at radius 3 is 2.79 bits per heavy atom. The summed E-state index contributed by atoms with van der Waals surface area (Å²) < 4.78 is 26.4. The van der Waals surface area contributed by atoms with Gasteiger partial charge in [-0.25, -0.2) is 4.79 Å². The van der Waals surface area contributed by atoms with Gasteiger partial charge in [0.2, 0.25) is 0 Å². The van der Waals surface area contributed by atoms with E-state index in [-0.39, 0.29) is 12.6 Å². The minimum atomic E-state index is -2.29. The number of hydrogen-bond donors (Lipinski definition) is 0. The van der Waals surface area contributed by atoms with E-state index in [0.29, 0.717) is 25.9 Å². The van der Waals surface area contributed by atoms with Gasteiger partial charge in [-0.15, -0.1) is 0 Å². The van der Waals surface area contributed by atoms with E-state index in [9.17, 15) is 4.79 Å². The lowest BCUT2D eigenvalue weighted by Gasteiger charge is -2.24. The SMILES string of the molecule is CCOC(=O)CO[Si](C)(CCCOCC1CO1)OC. The van der Waals surface area contributed by atoms with Crippen molar-refractivity contribution in [2.24, 2.45) is 0 Å². The normalized spacial score (nSPS) is 20.9. The molecule has 6 nitrogen and oxygen atoms in total. The van der Waals surface area contributed by atoms with Gasteiger partial charge in [-0.3, -0.25) is 0 Å². The Balaban J connectivity index is 2.11. The smallest absolute Gasteiger partial charge is 0.335 e. The van der Waals surface area contributed by atoms with Crippen LogP contribution < -0.4 is 0 Å². The van der Waals surface area contributed by atoms with Gasteiger partial charge < -0.3 is 23.1 Å². The first-order chi connectivity index (χ1) is 9.09. The fourth-order valence-electron chi connectivity index (χ4n) is 1.52. The summed E-state index contributed by atoms with van der Waals surface area (Å²) in [6, 6.07) is 0.786. The Kier molecular flexibility index (Phi) is 7.55. The largest absolute Gasteiger partial charge is 0.464 e. The number of hydrogen-bond acceptors (Lipinski definition) is 6. The van der Waals surface area contributed by atoms with Crippen LogP contribution in [0.15, 0.2) is 0 Å². The van der Waals surface area contributed by atoms with Crippen molar-refractivity contribution in [1.82, 2.24) is 0 Å². The van der Waals surface area contributed by atoms with E-state index in [1.807, 2.05) is 6.55 Å². The lowest BCUT2D eigenvalue weighted by molar-refractivity contribution is -0.146. The maximum absolute atomic E-state index is 11.2. The highest BCUT2D eigenvalue weighted by Gasteiger charge is 2.31. The predicted octanol–water partition coefficient (Wildman–Crippen LogP) is 1.09. The molecule has 2 unspecified atom stereocenters. The van der Waals surface area contributed by atoms with Crippen molar-refractivity contribution < 1.29 is 27.9 Å². The van der Waals surface area contributed by atoms with Crippen LogP contribution >= 0.6 is 0 Å². The van der Waals surface area contributed by atoms with Crippen molar-refractivity contribution in [3.63, 3.8) is 0 Å². The van der Waals surface area contributed by atoms with Crippen LogP contribution in [0, 0.1) is 0 Å². The number of carbonyl (C=O) groups excluding carboxylic acids is 1. The highest BCUT2D eigenvalue weighted by atomic mass is 28.4. The van der Waals surface area contributed by atoms with E-state index in [1.165, 1.54) is 0 Å². The Bertz CT molecular complexity index is 271. The zero-order valence-electron chi connectivity index (χ0n) is 12.0. The van der Waals surface area contributed by atoms with Crippen molar-refractivity contribution >= 4 is 14.5 Å². The van der Waals surface area contributed by atoms with Crippen molar-refractivity contribution in [2.45, 2.75) is 32.0 Å². The molecule has 0 aliphatic carbocycles. The molecule has 1 aliphatic rings. The highest BCUT2D eigenvalue weighted by Crippen LogP contribution is 2.15. The third kappa shape index (κ3) is 7.63. The lowest BCUT2D eigenvalue weighted by Crippen LogP contribution is -2.39. The molecule has 0 spiro atoms. The number of ether oxygens (including phenoxy) is 3. The van der Waals surface area contributed by atoms with Crippen molar-refractivity contribution in [1.29, 1.82) is 0 Å². The average molecular weight is 292 g/mol. The molecule has 0 aromatic heterocycles. The zero-order chi connectivity index (χ0) is 14.1. The topological polar surface area (TPSA) is 66.5 Å². The molecular weight excluding hydrogens is 268 g/mol. The Morgan fingerprint density at radius 1 is 1.47 bits per heavy atom. The van der Waals surface area contributed by atoms with E-state index in [4.69, 9.17) is 23.1 Å². The molecule has 2 atom stereocenters. The summed E-state index contributed by atoms with van der Waals surface area (Å²) in [6.07, 6.45) is 1.15. The minimum absolute atomic E-state index is 0.0405. The molecule has 112 valence electrons. The van der Waals surface area contributed by atoms with E-state index >= 15 is 0 Å². The second kappa shape index (κ2) is 8.65. The van der Waals surface area contributed by atoms with Crippen LogP contribution in [0.1, 0.15) is 13.3 Å². The number of epoxide rings is 1. The highest BCUT2D eigenvalue weighted by molar-refractivity contribution is 6.66. The molecule has 0 saturated carbocycles. The Labute approximate surface area is 115 Å². The molecule has 1 rings (SSSR count). The maximum Gasteiger partial charge on any atom is 0.335 e. The Hall–Kier alpha value is -0.473. The second-order valence-electron chi connectivity index (χ2n) is 4.57. The summed E-state index contributed by atoms with van der Waals surface area (Å²) in [5.41, 5.74) is 0. The molecule has 19 heavy (non-hydrogen) atoms. The minimum Gasteiger partial charge on any atom is -0.464 e. The summed E-state index contributed by atoms with van der Waals surface area (Å²) in [7, 11) is -0.668. The second-order valence-corrected chi connectivity index (χ2v) is 8.03. The van der Waals surface area contributed by atoms with Gasteiger partial charge in [-0.1, -0.05) is 0 Å². The molecule has 1 aliphatic heterocycles. The number of rotatable bonds is 11. The van der Waals surface area contributed by atoms with E-state index in [1.54, 1.807) is 14.0 Å². The summed E-state index contributed by atoms with van der Waals surface area (Å²) in [5, 5.41) is 0. The van der Waals surface area contributed by atoms with Crippen LogP contribution in [0.5, 0.6) is 0 Å². The van der Waals surface area contributed by atoms with E-state index < -0.39 is 8.56 Å². The van der Waals surface area contributed by atoms with Crippen LogP contribution in [-0.2, 0) is 27.9 Å². The standard InChI is InChI=1S/C12H24O6Si/c1-4-16-12(13)10-18-19(3,14-2)7-5-6-15-8-11-9-17-11/h11H,4-10H2,1-3H3. The van der Waals surface area contributed by atoms with Gasteiger partial charge in [0.15, 0.2) is 0 Å². The average Bonchev–Trinajstić information content (AvgIpc) is 3.20. The van der Waals surface area contributed by atoms with Crippen LogP contribution in [0.3, 0.4) is 0 Å². The van der Waals surface area contributed by atoms with E-state index in [2.05, 4.69) is 0 Å². The first-order valence-corrected chi connectivity index (χ1v) is 9.16. The van der Waals surface area contributed by atoms with Crippen molar-refractivity contribution in [3.05, 3.63) is 0 Å². The first-order valence-electron chi connectivity index (χ1n) is 6.63. The molecule has 0 bridgehead atoms. The van der Waals surface area contributed by atoms with Crippen LogP contribution in [0.25, 0.3) is 0 Å². The monoisotopic (exact) mass is 292 g/mol. The molecule has 0 aromatic carbocycles. The summed E-state index contributed by atoms with van der Waals surface area (Å²) in [5.74, 6) is -0.347.